The molecule has 1 rings (SSSR count). The Kier molecular flexibility index (Phi) is 5.01. The van der Waals surface area contributed by atoms with Gasteiger partial charge >= 0.3 is 11.4 Å². The Balaban J connectivity index is 3.34. The van der Waals surface area contributed by atoms with Crippen LogP contribution in [-0.2, 0) is 0 Å². The molecule has 1 unspecified atom stereocenters. The van der Waals surface area contributed by atoms with Crippen LogP contribution in [0.15, 0.2) is 30.4 Å². The molecule has 0 amide bonds. The number of nitro benzene ring substituents is 2. The van der Waals surface area contributed by atoms with E-state index in [1.807, 2.05) is 0 Å². The van der Waals surface area contributed by atoms with Gasteiger partial charge < -0.3 is 10.2 Å². The van der Waals surface area contributed by atoms with Gasteiger partial charge in [-0.1, -0.05) is 18.2 Å². The monoisotopic (exact) mass is 282 g/mol. The van der Waals surface area contributed by atoms with Crippen molar-refractivity contribution in [2.24, 2.45) is 0 Å². The molecule has 0 aliphatic heterocycles. The van der Waals surface area contributed by atoms with Gasteiger partial charge in [0.15, 0.2) is 0 Å². The number of aliphatic hydroxyl groups excluding tert-OH is 2. The van der Waals surface area contributed by atoms with E-state index in [1.54, 1.807) is 0 Å². The van der Waals surface area contributed by atoms with Gasteiger partial charge in [-0.2, -0.15) is 0 Å². The minimum absolute atomic E-state index is 0.429. The second-order valence-corrected chi connectivity index (χ2v) is 3.61. The van der Waals surface area contributed by atoms with E-state index in [0.29, 0.717) is 0 Å². The summed E-state index contributed by atoms with van der Waals surface area (Å²) in [5.41, 5.74) is -2.38. The maximum atomic E-state index is 11.8. The lowest BCUT2D eigenvalue weighted by Crippen LogP contribution is -2.19. The van der Waals surface area contributed by atoms with Crippen molar-refractivity contribution in [3.8, 4) is 0 Å². The van der Waals surface area contributed by atoms with Gasteiger partial charge in [0.25, 0.3) is 0 Å². The Morgan fingerprint density at radius 1 is 1.30 bits per heavy atom. The lowest BCUT2D eigenvalue weighted by Gasteiger charge is -2.05. The Bertz CT molecular complexity index is 582. The minimum atomic E-state index is -1.73. The van der Waals surface area contributed by atoms with Crippen LogP contribution in [0.4, 0.5) is 11.4 Å². The van der Waals surface area contributed by atoms with Crippen LogP contribution in [0.1, 0.15) is 10.4 Å². The van der Waals surface area contributed by atoms with Crippen molar-refractivity contribution in [1.29, 1.82) is 0 Å². The highest BCUT2D eigenvalue weighted by Gasteiger charge is 2.32. The summed E-state index contributed by atoms with van der Waals surface area (Å²) in [6.07, 6.45) is 0.277. The highest BCUT2D eigenvalue weighted by atomic mass is 16.6. The number of aliphatic hydroxyl groups is 2. The quantitative estimate of drug-likeness (QED) is 0.336. The number of para-hydroxylation sites is 1. The molecule has 0 spiro atoms. The summed E-state index contributed by atoms with van der Waals surface area (Å²) in [5.74, 6) is -1.06. The zero-order valence-electron chi connectivity index (χ0n) is 10.0. The van der Waals surface area contributed by atoms with Crippen LogP contribution in [0.5, 0.6) is 0 Å². The molecule has 20 heavy (non-hydrogen) atoms. The molecule has 1 atom stereocenters. The number of nitro groups is 2. The molecular formula is C11H10N2O7. The van der Waals surface area contributed by atoms with Crippen LogP contribution >= 0.6 is 0 Å². The summed E-state index contributed by atoms with van der Waals surface area (Å²) in [7, 11) is 0. The van der Waals surface area contributed by atoms with Crippen molar-refractivity contribution in [2.75, 3.05) is 6.61 Å². The summed E-state index contributed by atoms with van der Waals surface area (Å²) in [6.45, 7) is -0.429. The van der Waals surface area contributed by atoms with Crippen LogP contribution in [-0.4, -0.2) is 38.6 Å². The van der Waals surface area contributed by atoms with E-state index in [4.69, 9.17) is 5.11 Å². The Hall–Kier alpha value is -2.65. The second-order valence-electron chi connectivity index (χ2n) is 3.61. The number of rotatable bonds is 6. The van der Waals surface area contributed by atoms with Crippen molar-refractivity contribution in [1.82, 2.24) is 0 Å². The normalized spacial score (nSPS) is 12.3. The predicted octanol–water partition coefficient (Wildman–Crippen LogP) is 0.595. The number of nitrogens with zero attached hydrogens (tertiary/aromatic N) is 2. The van der Waals surface area contributed by atoms with Crippen LogP contribution in [0.25, 0.3) is 0 Å². The third-order valence-electron chi connectivity index (χ3n) is 2.35. The highest BCUT2D eigenvalue weighted by Crippen LogP contribution is 2.31. The molecular weight excluding hydrogens is 272 g/mol. The fourth-order valence-electron chi connectivity index (χ4n) is 1.51. The molecule has 0 radical (unpaired) electrons. The van der Waals surface area contributed by atoms with E-state index in [9.17, 15) is 30.1 Å². The first kappa shape index (κ1) is 15.4. The highest BCUT2D eigenvalue weighted by molar-refractivity contribution is 6.04. The molecule has 9 heteroatoms. The van der Waals surface area contributed by atoms with Crippen LogP contribution in [0, 0.1) is 20.2 Å². The molecule has 0 heterocycles. The zero-order chi connectivity index (χ0) is 15.3. The van der Waals surface area contributed by atoms with E-state index < -0.39 is 45.3 Å². The molecule has 9 nitrogen and oxygen atoms in total. The van der Waals surface area contributed by atoms with Crippen molar-refractivity contribution in [3.05, 3.63) is 56.1 Å². The maximum Gasteiger partial charge on any atom is 0.356 e. The molecule has 106 valence electrons. The van der Waals surface area contributed by atoms with Crippen LogP contribution < -0.4 is 0 Å². The number of benzene rings is 1. The topological polar surface area (TPSA) is 144 Å². The molecule has 0 saturated heterocycles. The number of Topliss-reactive ketones (excluding diaryl/α,β-unsaturated/α-hetero) is 1. The van der Waals surface area contributed by atoms with Crippen LogP contribution in [0.2, 0.25) is 0 Å². The molecule has 0 aromatic heterocycles. The van der Waals surface area contributed by atoms with Crippen LogP contribution in [0.3, 0.4) is 0 Å². The molecule has 0 fully saturated rings. The molecule has 2 N–H and O–H groups in total. The van der Waals surface area contributed by atoms with E-state index in [-0.39, 0.29) is 0 Å². The van der Waals surface area contributed by atoms with Gasteiger partial charge in [0.2, 0.25) is 5.78 Å². The Morgan fingerprint density at radius 3 is 2.45 bits per heavy atom. The summed E-state index contributed by atoms with van der Waals surface area (Å²) in [6, 6.07) is 3.02. The zero-order valence-corrected chi connectivity index (χ0v) is 10.0. The van der Waals surface area contributed by atoms with Crippen molar-refractivity contribution in [3.63, 3.8) is 0 Å². The summed E-state index contributed by atoms with van der Waals surface area (Å²) in [4.78, 5) is 31.4. The number of ketones is 1. The number of hydrogen-bond acceptors (Lipinski definition) is 7. The van der Waals surface area contributed by atoms with E-state index >= 15 is 0 Å². The molecule has 0 aliphatic carbocycles. The minimum Gasteiger partial charge on any atom is -0.392 e. The van der Waals surface area contributed by atoms with E-state index in [0.717, 1.165) is 30.4 Å². The van der Waals surface area contributed by atoms with Gasteiger partial charge in [0, 0.05) is 6.07 Å². The number of carbonyl (C=O) groups is 1. The lowest BCUT2D eigenvalue weighted by atomic mass is 10.0. The van der Waals surface area contributed by atoms with Gasteiger partial charge in [-0.25, -0.2) is 0 Å². The SMILES string of the molecule is O=C(c1cccc([N+](=O)[O-])c1[N+](=O)[O-])C(O)C=CCO. The third-order valence-corrected chi connectivity index (χ3v) is 2.35. The predicted molar refractivity (Wildman–Crippen MR) is 66.3 cm³/mol. The summed E-state index contributed by atoms with van der Waals surface area (Å²) < 4.78 is 0. The van der Waals surface area contributed by atoms with Gasteiger partial charge in [0.1, 0.15) is 11.7 Å². The molecule has 0 bridgehead atoms. The molecule has 1 aromatic carbocycles. The van der Waals surface area contributed by atoms with Crippen molar-refractivity contribution >= 4 is 17.2 Å². The van der Waals surface area contributed by atoms with E-state index in [1.165, 1.54) is 0 Å². The Labute approximate surface area is 112 Å². The maximum absolute atomic E-state index is 11.8. The number of carbonyl (C=O) groups excluding carboxylic acids is 1. The fraction of sp³-hybridized carbons (Fsp3) is 0.182. The average molecular weight is 282 g/mol. The van der Waals surface area contributed by atoms with Gasteiger partial charge in [0.05, 0.1) is 16.5 Å². The first-order chi connectivity index (χ1) is 9.40. The summed E-state index contributed by atoms with van der Waals surface area (Å²) >= 11 is 0. The molecule has 1 aromatic rings. The standard InChI is InChI=1S/C11H10N2O7/c14-6-2-5-9(15)11(16)7-3-1-4-8(12(17)18)10(7)13(19)20/h1-5,9,14-15H,6H2. The summed E-state index contributed by atoms with van der Waals surface area (Å²) in [5, 5.41) is 39.6. The van der Waals surface area contributed by atoms with Crippen molar-refractivity contribution in [2.45, 2.75) is 6.10 Å². The van der Waals surface area contributed by atoms with Gasteiger partial charge in [-0.3, -0.25) is 25.0 Å². The third kappa shape index (κ3) is 3.22. The molecule has 0 aliphatic rings. The first-order valence-corrected chi connectivity index (χ1v) is 5.31. The Morgan fingerprint density at radius 2 is 1.95 bits per heavy atom. The largest absolute Gasteiger partial charge is 0.392 e. The van der Waals surface area contributed by atoms with E-state index in [2.05, 4.69) is 0 Å². The van der Waals surface area contributed by atoms with Gasteiger partial charge in [-0.15, -0.1) is 0 Å². The lowest BCUT2D eigenvalue weighted by molar-refractivity contribution is -0.422. The fourth-order valence-corrected chi connectivity index (χ4v) is 1.51. The number of hydrogen-bond donors (Lipinski definition) is 2. The average Bonchev–Trinajstić information content (AvgIpc) is 2.42. The smallest absolute Gasteiger partial charge is 0.356 e. The van der Waals surface area contributed by atoms with Crippen molar-refractivity contribution < 1.29 is 24.9 Å². The first-order valence-electron chi connectivity index (χ1n) is 5.31. The molecule has 0 saturated carbocycles. The second kappa shape index (κ2) is 6.50. The van der Waals surface area contributed by atoms with Gasteiger partial charge in [-0.05, 0) is 6.07 Å².